The van der Waals surface area contributed by atoms with Gasteiger partial charge >= 0.3 is 6.09 Å². The topological polar surface area (TPSA) is 187 Å². The molecule has 0 aromatic heterocycles. The largest absolute Gasteiger partial charge is 0.444 e. The zero-order valence-corrected chi connectivity index (χ0v) is 39.5. The quantitative estimate of drug-likeness (QED) is 0.193. The summed E-state index contributed by atoms with van der Waals surface area (Å²) < 4.78 is 5.37. The molecular formula is C51H69N7O8. The van der Waals surface area contributed by atoms with Crippen LogP contribution in [0.5, 0.6) is 0 Å². The van der Waals surface area contributed by atoms with E-state index in [0.29, 0.717) is 51.4 Å². The minimum atomic E-state index is -1.12. The lowest BCUT2D eigenvalue weighted by Gasteiger charge is -2.40. The van der Waals surface area contributed by atoms with Crippen LogP contribution >= 0.6 is 0 Å². The Morgan fingerprint density at radius 3 is 2.08 bits per heavy atom. The van der Waals surface area contributed by atoms with Gasteiger partial charge in [0, 0.05) is 39.5 Å². The van der Waals surface area contributed by atoms with E-state index in [1.54, 1.807) is 27.8 Å². The van der Waals surface area contributed by atoms with Gasteiger partial charge in [-0.3, -0.25) is 28.8 Å². The molecule has 3 aromatic carbocycles. The van der Waals surface area contributed by atoms with Gasteiger partial charge in [0.05, 0.1) is 0 Å². The summed E-state index contributed by atoms with van der Waals surface area (Å²) in [5.74, 6) is -3.20. The average Bonchev–Trinajstić information content (AvgIpc) is 3.81. The second-order valence-corrected chi connectivity index (χ2v) is 19.1. The molecule has 0 radical (unpaired) electrons. The summed E-state index contributed by atoms with van der Waals surface area (Å²) in [7, 11) is 1.55. The number of likely N-dealkylation sites (N-methyl/N-ethyl adjacent to an activating group) is 1. The summed E-state index contributed by atoms with van der Waals surface area (Å²) in [4.78, 5) is 106. The first-order valence-electron chi connectivity index (χ1n) is 23.8. The third-order valence-corrected chi connectivity index (χ3v) is 13.2. The highest BCUT2D eigenvalue weighted by molar-refractivity contribution is 5.99. The number of nitrogens with one attached hydrogen (secondary N) is 4. The fourth-order valence-corrected chi connectivity index (χ4v) is 9.38. The molecule has 3 heterocycles. The lowest BCUT2D eigenvalue weighted by atomic mass is 9.93. The molecule has 3 aliphatic rings. The number of ether oxygens (including phenoxy) is 1. The van der Waals surface area contributed by atoms with Crippen LogP contribution in [0.2, 0.25) is 0 Å². The molecule has 15 nitrogen and oxygen atoms in total. The van der Waals surface area contributed by atoms with Crippen molar-refractivity contribution in [2.75, 3.05) is 26.7 Å². The first-order valence-corrected chi connectivity index (χ1v) is 23.8. The van der Waals surface area contributed by atoms with E-state index < -0.39 is 83.4 Å². The van der Waals surface area contributed by atoms with Crippen LogP contribution in [0.3, 0.4) is 0 Å². The molecule has 7 amide bonds. The molecule has 0 saturated carbocycles. The van der Waals surface area contributed by atoms with Gasteiger partial charge < -0.3 is 40.7 Å². The molecular weight excluding hydrogens is 839 g/mol. The number of nitrogens with zero attached hydrogens (tertiary/aromatic N) is 3. The summed E-state index contributed by atoms with van der Waals surface area (Å²) in [5.41, 5.74) is 0.951. The number of benzene rings is 3. The maximum atomic E-state index is 15.0. The van der Waals surface area contributed by atoms with Gasteiger partial charge in [-0.05, 0) is 100.0 Å². The average molecular weight is 908 g/mol. The van der Waals surface area contributed by atoms with Gasteiger partial charge in [0.15, 0.2) is 0 Å². The van der Waals surface area contributed by atoms with Crippen molar-refractivity contribution in [2.45, 2.75) is 147 Å². The maximum absolute atomic E-state index is 15.0. The van der Waals surface area contributed by atoms with Crippen LogP contribution in [0.25, 0.3) is 10.8 Å². The minimum absolute atomic E-state index is 0.113. The number of piperidine rings is 1. The maximum Gasteiger partial charge on any atom is 0.407 e. The zero-order valence-electron chi connectivity index (χ0n) is 39.5. The molecule has 3 aromatic rings. The van der Waals surface area contributed by atoms with E-state index in [1.165, 1.54) is 14.7 Å². The molecule has 7 atom stereocenters. The van der Waals surface area contributed by atoms with Crippen molar-refractivity contribution in [3.63, 3.8) is 0 Å². The van der Waals surface area contributed by atoms with Gasteiger partial charge in [-0.2, -0.15) is 0 Å². The van der Waals surface area contributed by atoms with Crippen molar-refractivity contribution in [1.29, 1.82) is 0 Å². The van der Waals surface area contributed by atoms with E-state index in [2.05, 4.69) is 21.3 Å². The van der Waals surface area contributed by atoms with Crippen LogP contribution in [0, 0.1) is 5.92 Å². The molecule has 0 spiro atoms. The summed E-state index contributed by atoms with van der Waals surface area (Å²) in [6, 6.07) is 16.8. The van der Waals surface area contributed by atoms with Gasteiger partial charge in [-0.15, -0.1) is 0 Å². The minimum Gasteiger partial charge on any atom is -0.444 e. The van der Waals surface area contributed by atoms with E-state index in [-0.39, 0.29) is 44.8 Å². The Bertz CT molecular complexity index is 2210. The highest BCUT2D eigenvalue weighted by Crippen LogP contribution is 2.26. The van der Waals surface area contributed by atoms with Crippen LogP contribution in [0.4, 0.5) is 4.79 Å². The summed E-state index contributed by atoms with van der Waals surface area (Å²) in [5, 5.41) is 13.7. The Morgan fingerprint density at radius 1 is 0.727 bits per heavy atom. The van der Waals surface area contributed by atoms with Gasteiger partial charge in [0.2, 0.25) is 35.4 Å². The van der Waals surface area contributed by atoms with Crippen molar-refractivity contribution in [2.24, 2.45) is 5.92 Å². The predicted octanol–water partition coefficient (Wildman–Crippen LogP) is 5.03. The normalized spacial score (nSPS) is 24.4. The van der Waals surface area contributed by atoms with Crippen molar-refractivity contribution in [3.8, 4) is 0 Å². The van der Waals surface area contributed by atoms with Crippen LogP contribution in [0.15, 0.2) is 72.8 Å². The zero-order chi connectivity index (χ0) is 47.5. The number of carbonyl (C=O) groups excluding carboxylic acids is 7. The number of carbonyl (C=O) groups is 7. The van der Waals surface area contributed by atoms with Crippen molar-refractivity contribution >= 4 is 52.3 Å². The molecule has 356 valence electrons. The molecule has 3 aliphatic heterocycles. The lowest BCUT2D eigenvalue weighted by molar-refractivity contribution is -0.150. The number of unbranched alkanes of at least 4 members (excludes halogenated alkanes) is 1. The van der Waals surface area contributed by atoms with E-state index in [9.17, 15) is 28.8 Å². The Balaban J connectivity index is 1.38. The molecule has 66 heavy (non-hydrogen) atoms. The van der Waals surface area contributed by atoms with Gasteiger partial charge in [0.1, 0.15) is 41.9 Å². The molecule has 1 unspecified atom stereocenters. The lowest BCUT2D eigenvalue weighted by Crippen LogP contribution is -2.63. The van der Waals surface area contributed by atoms with Crippen molar-refractivity contribution in [1.82, 2.24) is 36.0 Å². The number of hydrogen-bond donors (Lipinski definition) is 4. The summed E-state index contributed by atoms with van der Waals surface area (Å²) in [6.45, 7) is 9.93. The highest BCUT2D eigenvalue weighted by Gasteiger charge is 2.44. The molecule has 3 saturated heterocycles. The Kier molecular flexibility index (Phi) is 16.8. The second-order valence-electron chi connectivity index (χ2n) is 19.1. The molecule has 0 aliphatic carbocycles. The predicted molar refractivity (Wildman–Crippen MR) is 252 cm³/mol. The van der Waals surface area contributed by atoms with E-state index in [4.69, 9.17) is 4.74 Å². The smallest absolute Gasteiger partial charge is 0.407 e. The van der Waals surface area contributed by atoms with Gasteiger partial charge in [-0.25, -0.2) is 4.79 Å². The monoisotopic (exact) mass is 908 g/mol. The Labute approximate surface area is 389 Å². The first-order chi connectivity index (χ1) is 31.6. The molecule has 6 rings (SSSR count). The van der Waals surface area contributed by atoms with E-state index in [1.807, 2.05) is 86.6 Å². The van der Waals surface area contributed by atoms with Gasteiger partial charge in [0.25, 0.3) is 0 Å². The summed E-state index contributed by atoms with van der Waals surface area (Å²) in [6.07, 6.45) is 3.82. The number of fused-ring (bicyclic) bond motifs is 3. The Hall–Kier alpha value is -5.99. The third kappa shape index (κ3) is 12.5. The fourth-order valence-electron chi connectivity index (χ4n) is 9.38. The SMILES string of the molecule is CCC(C)[C@@H]1NC(=O)[C@@H](Cc2cccc3ccccc23)NC(=O)[C@@H]2CCCN2C(=O)[C@@H](Cc2ccccc2)N(C)C(=O)[C@H](CCCCNC(=O)OC(C)(C)C)NC(=O)[C@H]2CCCCN2C1=O. The Morgan fingerprint density at radius 2 is 1.36 bits per heavy atom. The van der Waals surface area contributed by atoms with Crippen molar-refractivity contribution < 1.29 is 38.3 Å². The van der Waals surface area contributed by atoms with Crippen LogP contribution < -0.4 is 21.3 Å². The highest BCUT2D eigenvalue weighted by atomic mass is 16.6. The van der Waals surface area contributed by atoms with E-state index >= 15 is 4.79 Å². The second kappa shape index (κ2) is 22.5. The standard InChI is InChI=1S/C51H69N7O8/c1-7-33(2)43-49(64)58-29-16-14-26-40(58)45(60)53-38(25-13-15-28-52-50(65)66-51(3,4)5)47(62)56(6)42(31-34-19-9-8-10-20-34)48(63)57-30-18-27-41(57)46(61)54-39(44(59)55-43)32-36-23-17-22-35-21-11-12-24-37(35)36/h8-12,17,19-24,33,38-43H,7,13-16,18,25-32H2,1-6H3,(H,52,65)(H,53,60)(H,54,61)(H,55,59)/t33?,38-,39+,40+,41-,42+,43-/m0/s1. The number of hydrogen-bond acceptors (Lipinski definition) is 8. The molecule has 15 heteroatoms. The van der Waals surface area contributed by atoms with Crippen molar-refractivity contribution in [3.05, 3.63) is 83.9 Å². The third-order valence-electron chi connectivity index (χ3n) is 13.2. The van der Waals surface area contributed by atoms with Gasteiger partial charge in [-0.1, -0.05) is 93.1 Å². The molecule has 4 N–H and O–H groups in total. The van der Waals surface area contributed by atoms with Crippen LogP contribution in [-0.2, 0) is 46.3 Å². The number of rotatable bonds is 11. The number of amides is 7. The summed E-state index contributed by atoms with van der Waals surface area (Å²) >= 11 is 0. The fraction of sp³-hybridized carbons (Fsp3) is 0.549. The number of alkyl carbamates (subject to hydrolysis) is 1. The van der Waals surface area contributed by atoms with Crippen LogP contribution in [0.1, 0.15) is 104 Å². The molecule has 0 bridgehead atoms. The van der Waals surface area contributed by atoms with E-state index in [0.717, 1.165) is 21.9 Å². The first kappa shape index (κ1) is 49.4. The van der Waals surface area contributed by atoms with Crippen LogP contribution in [-0.4, -0.2) is 125 Å². The molecule has 3 fully saturated rings.